The molecule has 0 saturated carbocycles. The number of nitrogens with zero attached hydrogens (tertiary/aromatic N) is 2. The zero-order valence-electron chi connectivity index (χ0n) is 10.5. The molecule has 1 aliphatic heterocycles. The van der Waals surface area contributed by atoms with Crippen LogP contribution < -0.4 is 5.73 Å². The Balaban J connectivity index is 1.89. The van der Waals surface area contributed by atoms with E-state index < -0.39 is 0 Å². The second-order valence-electron chi connectivity index (χ2n) is 5.11. The molecule has 1 aliphatic rings. The highest BCUT2D eigenvalue weighted by Crippen LogP contribution is 2.31. The van der Waals surface area contributed by atoms with Crippen LogP contribution in [-0.4, -0.2) is 28.8 Å². The Hall–Kier alpha value is -0.940. The maximum atomic E-state index is 7.62. The van der Waals surface area contributed by atoms with Gasteiger partial charge < -0.3 is 5.73 Å². The lowest BCUT2D eigenvalue weighted by Gasteiger charge is -2.38. The fourth-order valence-electron chi connectivity index (χ4n) is 2.18. The fraction of sp³-hybridized carbons (Fsp3) is 0.667. The van der Waals surface area contributed by atoms with Gasteiger partial charge in [0.2, 0.25) is 0 Å². The molecule has 17 heavy (non-hydrogen) atoms. The monoisotopic (exact) mass is 252 g/mol. The molecule has 0 radical (unpaired) electrons. The Morgan fingerprint density at radius 2 is 2.24 bits per heavy atom. The Labute approximate surface area is 106 Å². The van der Waals surface area contributed by atoms with Crippen LogP contribution in [0, 0.1) is 17.7 Å². The summed E-state index contributed by atoms with van der Waals surface area (Å²) >= 11 is 1.71. The number of amidine groups is 1. The van der Waals surface area contributed by atoms with Crippen LogP contribution in [0.25, 0.3) is 0 Å². The average molecular weight is 252 g/mol. The van der Waals surface area contributed by atoms with E-state index in [0.29, 0.717) is 5.84 Å². The zero-order valence-corrected chi connectivity index (χ0v) is 11.3. The van der Waals surface area contributed by atoms with E-state index in [1.165, 1.54) is 5.69 Å². The quantitative estimate of drug-likeness (QED) is 0.638. The van der Waals surface area contributed by atoms with Crippen molar-refractivity contribution in [3.8, 4) is 0 Å². The smallest absolute Gasteiger partial charge is 0.0966 e. The summed E-state index contributed by atoms with van der Waals surface area (Å²) in [5.41, 5.74) is 6.73. The van der Waals surface area contributed by atoms with Gasteiger partial charge in [0.15, 0.2) is 0 Å². The highest BCUT2D eigenvalue weighted by atomic mass is 32.1. The molecular weight excluding hydrogens is 232 g/mol. The highest BCUT2D eigenvalue weighted by Gasteiger charge is 2.32. The Morgan fingerprint density at radius 3 is 2.71 bits per heavy atom. The summed E-state index contributed by atoms with van der Waals surface area (Å²) in [7, 11) is 0. The average Bonchev–Trinajstić information content (AvgIpc) is 2.67. The van der Waals surface area contributed by atoms with Gasteiger partial charge in [-0.1, -0.05) is 6.92 Å². The van der Waals surface area contributed by atoms with Gasteiger partial charge in [-0.2, -0.15) is 0 Å². The second-order valence-corrected chi connectivity index (χ2v) is 6.17. The third-order valence-corrected chi connectivity index (χ3v) is 4.48. The number of piperidine rings is 1. The number of thiazole rings is 1. The van der Waals surface area contributed by atoms with Crippen LogP contribution >= 0.6 is 11.3 Å². The summed E-state index contributed by atoms with van der Waals surface area (Å²) in [6, 6.07) is 0. The molecule has 0 spiro atoms. The van der Waals surface area contributed by atoms with Gasteiger partial charge in [0, 0.05) is 17.3 Å². The normalized spacial score (nSPS) is 20.4. The van der Waals surface area contributed by atoms with Gasteiger partial charge in [-0.25, -0.2) is 4.98 Å². The predicted molar refractivity (Wildman–Crippen MR) is 71.4 cm³/mol. The molecule has 3 N–H and O–H groups in total. The van der Waals surface area contributed by atoms with Gasteiger partial charge in [-0.15, -0.1) is 11.3 Å². The van der Waals surface area contributed by atoms with Gasteiger partial charge in [-0.05, 0) is 32.9 Å². The Morgan fingerprint density at radius 1 is 1.59 bits per heavy atom. The lowest BCUT2D eigenvalue weighted by molar-refractivity contribution is 0.154. The minimum absolute atomic E-state index is 0.0888. The van der Waals surface area contributed by atoms with Crippen molar-refractivity contribution in [1.29, 1.82) is 5.41 Å². The van der Waals surface area contributed by atoms with Crippen molar-refractivity contribution in [3.05, 3.63) is 16.1 Å². The number of hydrogen-bond acceptors (Lipinski definition) is 4. The summed E-state index contributed by atoms with van der Waals surface area (Å²) in [6.07, 6.45) is 1.96. The maximum Gasteiger partial charge on any atom is 0.0966 e. The minimum Gasteiger partial charge on any atom is -0.387 e. The maximum absolute atomic E-state index is 7.62. The van der Waals surface area contributed by atoms with E-state index in [2.05, 4.69) is 22.2 Å². The first-order valence-electron chi connectivity index (χ1n) is 5.97. The molecule has 0 aliphatic carbocycles. The molecule has 5 heteroatoms. The van der Waals surface area contributed by atoms with Crippen LogP contribution in [0.15, 0.2) is 5.38 Å². The van der Waals surface area contributed by atoms with E-state index in [9.17, 15) is 0 Å². The van der Waals surface area contributed by atoms with Crippen LogP contribution in [0.1, 0.15) is 30.5 Å². The van der Waals surface area contributed by atoms with Crippen LogP contribution in [-0.2, 0) is 6.54 Å². The standard InChI is InChI=1S/C12H20N4S/c1-9-15-10(8-17-9)7-16-5-3-12(2,4-6-16)11(13)14/h8H,3-7H2,1-2H3,(H3,13,14). The molecule has 94 valence electrons. The lowest BCUT2D eigenvalue weighted by Crippen LogP contribution is -2.44. The molecule has 1 aromatic heterocycles. The molecular formula is C12H20N4S. The SMILES string of the molecule is Cc1nc(CN2CCC(C)(C(=N)N)CC2)cs1. The number of nitrogens with two attached hydrogens (primary N) is 1. The Bertz CT molecular complexity index is 404. The summed E-state index contributed by atoms with van der Waals surface area (Å²) in [6.45, 7) is 7.08. The minimum atomic E-state index is -0.0888. The third-order valence-electron chi connectivity index (χ3n) is 3.66. The summed E-state index contributed by atoms with van der Waals surface area (Å²) in [5.74, 6) is 0.335. The zero-order chi connectivity index (χ0) is 12.5. The first-order chi connectivity index (χ1) is 7.99. The summed E-state index contributed by atoms with van der Waals surface area (Å²) in [5, 5.41) is 10.9. The van der Waals surface area contributed by atoms with Gasteiger partial charge in [0.1, 0.15) is 0 Å². The Kier molecular flexibility index (Phi) is 3.49. The number of aryl methyl sites for hydroxylation is 1. The van der Waals surface area contributed by atoms with Crippen molar-refractivity contribution in [3.63, 3.8) is 0 Å². The number of aromatic nitrogens is 1. The first kappa shape index (κ1) is 12.5. The molecule has 0 bridgehead atoms. The van der Waals surface area contributed by atoms with Crippen LogP contribution in [0.2, 0.25) is 0 Å². The lowest BCUT2D eigenvalue weighted by atomic mass is 9.79. The van der Waals surface area contributed by atoms with Gasteiger partial charge in [0.25, 0.3) is 0 Å². The molecule has 1 saturated heterocycles. The van der Waals surface area contributed by atoms with Crippen molar-refractivity contribution in [1.82, 2.24) is 9.88 Å². The number of nitrogens with one attached hydrogen (secondary N) is 1. The molecule has 0 atom stereocenters. The molecule has 2 heterocycles. The predicted octanol–water partition coefficient (Wildman–Crippen LogP) is 1.99. The van der Waals surface area contributed by atoms with E-state index in [4.69, 9.17) is 11.1 Å². The van der Waals surface area contributed by atoms with Gasteiger partial charge in [-0.3, -0.25) is 10.3 Å². The third kappa shape index (κ3) is 2.84. The van der Waals surface area contributed by atoms with Gasteiger partial charge >= 0.3 is 0 Å². The van der Waals surface area contributed by atoms with Crippen LogP contribution in [0.5, 0.6) is 0 Å². The first-order valence-corrected chi connectivity index (χ1v) is 6.85. The topological polar surface area (TPSA) is 66.0 Å². The fourth-order valence-corrected chi connectivity index (χ4v) is 2.79. The summed E-state index contributed by atoms with van der Waals surface area (Å²) in [4.78, 5) is 6.89. The molecule has 2 rings (SSSR count). The van der Waals surface area contributed by atoms with E-state index in [0.717, 1.165) is 37.5 Å². The van der Waals surface area contributed by atoms with Crippen molar-refractivity contribution >= 4 is 17.2 Å². The van der Waals surface area contributed by atoms with E-state index in [1.807, 2.05) is 6.92 Å². The van der Waals surface area contributed by atoms with Crippen LogP contribution in [0.4, 0.5) is 0 Å². The number of hydrogen-bond donors (Lipinski definition) is 2. The molecule has 1 fully saturated rings. The number of likely N-dealkylation sites (tertiary alicyclic amines) is 1. The van der Waals surface area contributed by atoms with E-state index >= 15 is 0 Å². The van der Waals surface area contributed by atoms with E-state index in [1.54, 1.807) is 11.3 Å². The molecule has 4 nitrogen and oxygen atoms in total. The molecule has 0 amide bonds. The van der Waals surface area contributed by atoms with Crippen molar-refractivity contribution < 1.29 is 0 Å². The van der Waals surface area contributed by atoms with Crippen LogP contribution in [0.3, 0.4) is 0 Å². The second kappa shape index (κ2) is 4.74. The van der Waals surface area contributed by atoms with Gasteiger partial charge in [0.05, 0.1) is 16.5 Å². The molecule has 0 aromatic carbocycles. The molecule has 0 unspecified atom stereocenters. The molecule has 1 aromatic rings. The highest BCUT2D eigenvalue weighted by molar-refractivity contribution is 7.09. The summed E-state index contributed by atoms with van der Waals surface area (Å²) < 4.78 is 0. The van der Waals surface area contributed by atoms with Crippen molar-refractivity contribution in [2.24, 2.45) is 11.1 Å². The largest absolute Gasteiger partial charge is 0.387 e. The van der Waals surface area contributed by atoms with Crippen molar-refractivity contribution in [2.75, 3.05) is 13.1 Å². The van der Waals surface area contributed by atoms with Crippen molar-refractivity contribution in [2.45, 2.75) is 33.2 Å². The van der Waals surface area contributed by atoms with E-state index in [-0.39, 0.29) is 5.41 Å². The number of rotatable bonds is 3.